The Labute approximate surface area is 88.9 Å². The monoisotopic (exact) mass is 212 g/mol. The third-order valence-electron chi connectivity index (χ3n) is 3.20. The normalized spacial score (nSPS) is 37.2. The van der Waals surface area contributed by atoms with Crippen molar-refractivity contribution in [3.05, 3.63) is 12.2 Å². The van der Waals surface area contributed by atoms with Crippen LogP contribution in [0.3, 0.4) is 0 Å². The van der Waals surface area contributed by atoms with Gasteiger partial charge in [0, 0.05) is 18.4 Å². The van der Waals surface area contributed by atoms with E-state index in [0.717, 1.165) is 0 Å². The zero-order chi connectivity index (χ0) is 10.8. The van der Waals surface area contributed by atoms with Crippen molar-refractivity contribution in [2.75, 3.05) is 13.4 Å². The van der Waals surface area contributed by atoms with E-state index < -0.39 is 6.10 Å². The number of carbonyl (C=O) groups excluding carboxylic acids is 1. The van der Waals surface area contributed by atoms with Gasteiger partial charge >= 0.3 is 5.97 Å². The average Bonchev–Trinajstić information content (AvgIpc) is 2.74. The fourth-order valence-electron chi connectivity index (χ4n) is 2.37. The smallest absolute Gasteiger partial charge is 0.311 e. The van der Waals surface area contributed by atoms with Crippen LogP contribution in [0.2, 0.25) is 0 Å². The molecule has 2 aliphatic carbocycles. The standard InChI is InChI=1S/C11H16O4/c1-2-14-6-15-11(13)9-5-7-3-4-8(9)10(7)12/h3-4,7-10,12H,2,5-6H2,1H3. The fourth-order valence-corrected chi connectivity index (χ4v) is 2.37. The van der Waals surface area contributed by atoms with Crippen LogP contribution in [0.1, 0.15) is 13.3 Å². The molecule has 0 saturated heterocycles. The summed E-state index contributed by atoms with van der Waals surface area (Å²) in [6, 6.07) is 0. The Hall–Kier alpha value is -0.870. The van der Waals surface area contributed by atoms with Gasteiger partial charge in [0.2, 0.25) is 0 Å². The lowest BCUT2D eigenvalue weighted by Crippen LogP contribution is -2.25. The largest absolute Gasteiger partial charge is 0.438 e. The predicted octanol–water partition coefficient (Wildman–Crippen LogP) is 0.707. The lowest BCUT2D eigenvalue weighted by molar-refractivity contribution is -0.162. The van der Waals surface area contributed by atoms with E-state index in [2.05, 4.69) is 0 Å². The quantitative estimate of drug-likeness (QED) is 0.323. The van der Waals surface area contributed by atoms with Crippen molar-refractivity contribution in [3.8, 4) is 0 Å². The Morgan fingerprint density at radius 2 is 2.33 bits per heavy atom. The first-order chi connectivity index (χ1) is 7.24. The molecule has 1 N–H and O–H groups in total. The van der Waals surface area contributed by atoms with Gasteiger partial charge in [0.1, 0.15) is 0 Å². The molecule has 0 aromatic rings. The third kappa shape index (κ3) is 1.92. The molecule has 4 atom stereocenters. The molecule has 2 bridgehead atoms. The average molecular weight is 212 g/mol. The molecule has 2 aliphatic rings. The summed E-state index contributed by atoms with van der Waals surface area (Å²) in [4.78, 5) is 11.6. The first-order valence-electron chi connectivity index (χ1n) is 5.34. The number of aliphatic hydroxyl groups is 1. The SMILES string of the molecule is CCOCOC(=O)C1CC2C=CC1C2O. The highest BCUT2D eigenvalue weighted by molar-refractivity contribution is 5.74. The number of rotatable bonds is 4. The molecule has 1 fully saturated rings. The molecule has 0 aromatic heterocycles. The Kier molecular flexibility index (Phi) is 3.07. The van der Waals surface area contributed by atoms with E-state index in [9.17, 15) is 9.90 Å². The summed E-state index contributed by atoms with van der Waals surface area (Å²) >= 11 is 0. The molecule has 4 unspecified atom stereocenters. The Balaban J connectivity index is 1.85. The summed E-state index contributed by atoms with van der Waals surface area (Å²) in [6.45, 7) is 2.40. The molecule has 0 aliphatic heterocycles. The molecule has 15 heavy (non-hydrogen) atoms. The van der Waals surface area contributed by atoms with Crippen LogP contribution in [0.5, 0.6) is 0 Å². The van der Waals surface area contributed by atoms with Crippen molar-refractivity contribution in [3.63, 3.8) is 0 Å². The number of aliphatic hydroxyl groups excluding tert-OH is 1. The van der Waals surface area contributed by atoms with Crippen molar-refractivity contribution in [2.24, 2.45) is 17.8 Å². The van der Waals surface area contributed by atoms with Gasteiger partial charge < -0.3 is 14.6 Å². The van der Waals surface area contributed by atoms with Gasteiger partial charge in [0.25, 0.3) is 0 Å². The van der Waals surface area contributed by atoms with Gasteiger partial charge in [-0.05, 0) is 13.3 Å². The first-order valence-corrected chi connectivity index (χ1v) is 5.34. The van der Waals surface area contributed by atoms with Crippen LogP contribution in [0.25, 0.3) is 0 Å². The maximum absolute atomic E-state index is 11.6. The topological polar surface area (TPSA) is 55.8 Å². The van der Waals surface area contributed by atoms with E-state index in [-0.39, 0.29) is 30.5 Å². The summed E-state index contributed by atoms with van der Waals surface area (Å²) in [6.07, 6.45) is 4.22. The molecule has 0 heterocycles. The van der Waals surface area contributed by atoms with Crippen LogP contribution < -0.4 is 0 Å². The molecule has 4 nitrogen and oxygen atoms in total. The molecule has 84 valence electrons. The maximum atomic E-state index is 11.6. The van der Waals surface area contributed by atoms with Gasteiger partial charge in [0.05, 0.1) is 12.0 Å². The molecule has 0 radical (unpaired) electrons. The summed E-state index contributed by atoms with van der Waals surface area (Å²) in [5, 5.41) is 9.72. The zero-order valence-corrected chi connectivity index (χ0v) is 8.76. The number of esters is 1. The van der Waals surface area contributed by atoms with E-state index in [4.69, 9.17) is 9.47 Å². The van der Waals surface area contributed by atoms with Crippen molar-refractivity contribution in [2.45, 2.75) is 19.4 Å². The molecular weight excluding hydrogens is 196 g/mol. The summed E-state index contributed by atoms with van der Waals surface area (Å²) in [7, 11) is 0. The molecule has 0 amide bonds. The number of ether oxygens (including phenoxy) is 2. The van der Waals surface area contributed by atoms with Crippen molar-refractivity contribution < 1.29 is 19.4 Å². The van der Waals surface area contributed by atoms with E-state index in [0.29, 0.717) is 13.0 Å². The minimum Gasteiger partial charge on any atom is -0.438 e. The minimum absolute atomic E-state index is 0.0169. The lowest BCUT2D eigenvalue weighted by atomic mass is 9.94. The van der Waals surface area contributed by atoms with Gasteiger partial charge in [-0.1, -0.05) is 12.2 Å². The van der Waals surface area contributed by atoms with E-state index >= 15 is 0 Å². The van der Waals surface area contributed by atoms with E-state index in [1.54, 1.807) is 0 Å². The van der Waals surface area contributed by atoms with Crippen LogP contribution in [0, 0.1) is 17.8 Å². The van der Waals surface area contributed by atoms with Crippen LogP contribution in [-0.4, -0.2) is 30.6 Å². The highest BCUT2D eigenvalue weighted by Crippen LogP contribution is 2.44. The van der Waals surface area contributed by atoms with E-state index in [1.807, 2.05) is 19.1 Å². The van der Waals surface area contributed by atoms with Gasteiger partial charge in [-0.15, -0.1) is 0 Å². The second-order valence-electron chi connectivity index (χ2n) is 4.03. The Morgan fingerprint density at radius 3 is 2.87 bits per heavy atom. The van der Waals surface area contributed by atoms with Gasteiger partial charge in [-0.2, -0.15) is 0 Å². The van der Waals surface area contributed by atoms with Crippen LogP contribution in [0.15, 0.2) is 12.2 Å². The number of fused-ring (bicyclic) bond motifs is 2. The maximum Gasteiger partial charge on any atom is 0.311 e. The predicted molar refractivity (Wildman–Crippen MR) is 52.8 cm³/mol. The highest BCUT2D eigenvalue weighted by Gasteiger charge is 2.47. The van der Waals surface area contributed by atoms with Crippen LogP contribution in [0.4, 0.5) is 0 Å². The minimum atomic E-state index is -0.394. The number of carbonyl (C=O) groups is 1. The number of hydrogen-bond acceptors (Lipinski definition) is 4. The van der Waals surface area contributed by atoms with Gasteiger partial charge in [-0.25, -0.2) is 0 Å². The summed E-state index contributed by atoms with van der Waals surface area (Å²) in [5.74, 6) is -0.349. The molecule has 4 heteroatoms. The first kappa shape index (κ1) is 10.6. The molecule has 0 aromatic carbocycles. The van der Waals surface area contributed by atoms with Crippen LogP contribution >= 0.6 is 0 Å². The van der Waals surface area contributed by atoms with Crippen molar-refractivity contribution in [1.29, 1.82) is 0 Å². The lowest BCUT2D eigenvalue weighted by Gasteiger charge is -2.16. The van der Waals surface area contributed by atoms with Crippen molar-refractivity contribution >= 4 is 5.97 Å². The third-order valence-corrected chi connectivity index (χ3v) is 3.20. The molecular formula is C11H16O4. The summed E-state index contributed by atoms with van der Waals surface area (Å²) < 4.78 is 9.91. The molecule has 1 saturated carbocycles. The second kappa shape index (κ2) is 4.33. The van der Waals surface area contributed by atoms with E-state index in [1.165, 1.54) is 0 Å². The van der Waals surface area contributed by atoms with Crippen molar-refractivity contribution in [1.82, 2.24) is 0 Å². The Morgan fingerprint density at radius 1 is 1.53 bits per heavy atom. The Bertz CT molecular complexity index is 274. The molecule has 2 rings (SSSR count). The number of hydrogen-bond donors (Lipinski definition) is 1. The molecule has 0 spiro atoms. The zero-order valence-electron chi connectivity index (χ0n) is 8.76. The van der Waals surface area contributed by atoms with Gasteiger partial charge in [-0.3, -0.25) is 4.79 Å². The van der Waals surface area contributed by atoms with Crippen LogP contribution in [-0.2, 0) is 14.3 Å². The highest BCUT2D eigenvalue weighted by atomic mass is 16.7. The van der Waals surface area contributed by atoms with Gasteiger partial charge in [0.15, 0.2) is 6.79 Å². The second-order valence-corrected chi connectivity index (χ2v) is 4.03. The summed E-state index contributed by atoms with van der Waals surface area (Å²) in [5.41, 5.74) is 0. The fraction of sp³-hybridized carbons (Fsp3) is 0.727.